The Morgan fingerprint density at radius 2 is 1.96 bits per heavy atom. The van der Waals surface area contributed by atoms with E-state index in [1.807, 2.05) is 18.2 Å². The summed E-state index contributed by atoms with van der Waals surface area (Å²) in [4.78, 5) is 16.4. The van der Waals surface area contributed by atoms with E-state index >= 15 is 0 Å². The molecule has 6 nitrogen and oxygen atoms in total. The molecule has 0 aliphatic heterocycles. The summed E-state index contributed by atoms with van der Waals surface area (Å²) >= 11 is 0. The highest BCUT2D eigenvalue weighted by Gasteiger charge is 2.31. The molecule has 26 heavy (non-hydrogen) atoms. The van der Waals surface area contributed by atoms with Gasteiger partial charge in [0.05, 0.1) is 0 Å². The summed E-state index contributed by atoms with van der Waals surface area (Å²) in [5.74, 6) is -0.169. The molecule has 0 unspecified atom stereocenters. The van der Waals surface area contributed by atoms with E-state index in [2.05, 4.69) is 24.1 Å². The van der Waals surface area contributed by atoms with E-state index in [4.69, 9.17) is 0 Å². The van der Waals surface area contributed by atoms with Gasteiger partial charge >= 0.3 is 0 Å². The zero-order valence-corrected chi connectivity index (χ0v) is 15.9. The molecule has 3 rings (SSSR count). The summed E-state index contributed by atoms with van der Waals surface area (Å²) in [5.41, 5.74) is 0.693. The third-order valence-electron chi connectivity index (χ3n) is 5.29. The minimum Gasteiger partial charge on any atom is -0.352 e. The number of nitrogens with one attached hydrogen (secondary N) is 1. The monoisotopic (exact) mass is 375 g/mol. The highest BCUT2D eigenvalue weighted by atomic mass is 32.2. The van der Waals surface area contributed by atoms with Crippen LogP contribution >= 0.6 is 0 Å². The zero-order chi connectivity index (χ0) is 18.7. The molecule has 1 amide bonds. The second kappa shape index (κ2) is 7.61. The zero-order valence-electron chi connectivity index (χ0n) is 15.1. The molecule has 0 spiro atoms. The third kappa shape index (κ3) is 3.98. The van der Waals surface area contributed by atoms with Crippen molar-refractivity contribution in [3.8, 4) is 5.69 Å². The van der Waals surface area contributed by atoms with Crippen LogP contribution < -0.4 is 5.32 Å². The average Bonchev–Trinajstić information content (AvgIpc) is 3.10. The minimum atomic E-state index is -3.84. The quantitative estimate of drug-likeness (QED) is 0.871. The lowest BCUT2D eigenvalue weighted by atomic mass is 9.78. The number of hydrogen-bond acceptors (Lipinski definition) is 4. The minimum absolute atomic E-state index is 0.0373. The molecule has 1 fully saturated rings. The van der Waals surface area contributed by atoms with E-state index in [0.29, 0.717) is 17.5 Å². The van der Waals surface area contributed by atoms with Gasteiger partial charge < -0.3 is 5.32 Å². The molecule has 1 aliphatic carbocycles. The van der Waals surface area contributed by atoms with Gasteiger partial charge in [0, 0.05) is 24.1 Å². The number of amides is 1. The summed E-state index contributed by atoms with van der Waals surface area (Å²) in [6.07, 6.45) is 6.13. The molecular formula is C19H25N3O3S. The first-order valence-electron chi connectivity index (χ1n) is 8.99. The molecule has 1 saturated carbocycles. The first-order chi connectivity index (χ1) is 12.4. The molecule has 7 heteroatoms. The van der Waals surface area contributed by atoms with E-state index in [9.17, 15) is 13.2 Å². The van der Waals surface area contributed by atoms with Gasteiger partial charge in [0.1, 0.15) is 5.75 Å². The molecule has 140 valence electrons. The Bertz CT molecular complexity index is 861. The van der Waals surface area contributed by atoms with Crippen LogP contribution in [0, 0.1) is 11.8 Å². The predicted octanol–water partition coefficient (Wildman–Crippen LogP) is 2.59. The molecule has 1 N–H and O–H groups in total. The van der Waals surface area contributed by atoms with E-state index in [0.717, 1.165) is 19.3 Å². The van der Waals surface area contributed by atoms with Crippen LogP contribution in [-0.2, 0) is 14.6 Å². The summed E-state index contributed by atoms with van der Waals surface area (Å²) in [7, 11) is -3.84. The fourth-order valence-corrected chi connectivity index (χ4v) is 4.82. The standard InChI is InChI=1S/C19H25N3O3S/c1-14-7-6-10-17(15(14)2)21-18(23)13-26(24,25)19-20-11-12-22(19)16-8-4-3-5-9-16/h3-5,8-9,11-12,14-15,17H,6-7,10,13H2,1-2H3,(H,21,23)/t14-,15+,17+/m1/s1. The smallest absolute Gasteiger partial charge is 0.235 e. The summed E-state index contributed by atoms with van der Waals surface area (Å²) in [6.45, 7) is 4.29. The first-order valence-corrected chi connectivity index (χ1v) is 10.6. The maximum absolute atomic E-state index is 12.7. The lowest BCUT2D eigenvalue weighted by molar-refractivity contribution is -0.120. The van der Waals surface area contributed by atoms with Crippen molar-refractivity contribution >= 4 is 15.7 Å². The molecule has 3 atom stereocenters. The number of carbonyl (C=O) groups excluding carboxylic acids is 1. The van der Waals surface area contributed by atoms with Crippen LogP contribution in [0.15, 0.2) is 47.9 Å². The lowest BCUT2D eigenvalue weighted by Crippen LogP contribution is -2.45. The van der Waals surface area contributed by atoms with Crippen molar-refractivity contribution in [1.82, 2.24) is 14.9 Å². The number of sulfone groups is 1. The van der Waals surface area contributed by atoms with E-state index < -0.39 is 21.5 Å². The van der Waals surface area contributed by atoms with Gasteiger partial charge in [-0.25, -0.2) is 13.4 Å². The summed E-state index contributed by atoms with van der Waals surface area (Å²) in [6, 6.07) is 9.13. The van der Waals surface area contributed by atoms with Crippen LogP contribution in [0.3, 0.4) is 0 Å². The molecule has 0 bridgehead atoms. The van der Waals surface area contributed by atoms with Crippen LogP contribution in [0.4, 0.5) is 0 Å². The fraction of sp³-hybridized carbons (Fsp3) is 0.474. The second-order valence-corrected chi connectivity index (χ2v) is 9.00. The average molecular weight is 375 g/mol. The molecule has 1 aromatic heterocycles. The largest absolute Gasteiger partial charge is 0.352 e. The Labute approximate surface area is 154 Å². The summed E-state index contributed by atoms with van der Waals surface area (Å²) < 4.78 is 27.0. The predicted molar refractivity (Wildman–Crippen MR) is 99.7 cm³/mol. The van der Waals surface area contributed by atoms with Crippen molar-refractivity contribution in [2.24, 2.45) is 11.8 Å². The number of benzene rings is 1. The van der Waals surface area contributed by atoms with E-state index in [1.54, 1.807) is 18.3 Å². The van der Waals surface area contributed by atoms with Crippen LogP contribution in [0.5, 0.6) is 0 Å². The van der Waals surface area contributed by atoms with Gasteiger partial charge in [-0.1, -0.05) is 44.9 Å². The van der Waals surface area contributed by atoms with Crippen molar-refractivity contribution in [3.05, 3.63) is 42.7 Å². The van der Waals surface area contributed by atoms with Crippen molar-refractivity contribution in [2.75, 3.05) is 5.75 Å². The number of carbonyl (C=O) groups is 1. The molecule has 1 aromatic carbocycles. The van der Waals surface area contributed by atoms with Gasteiger partial charge in [0.25, 0.3) is 0 Å². The highest BCUT2D eigenvalue weighted by Crippen LogP contribution is 2.29. The number of hydrogen-bond donors (Lipinski definition) is 1. The van der Waals surface area contributed by atoms with Crippen molar-refractivity contribution < 1.29 is 13.2 Å². The highest BCUT2D eigenvalue weighted by molar-refractivity contribution is 7.92. The SMILES string of the molecule is C[C@H]1[C@H](C)CCC[C@@H]1NC(=O)CS(=O)(=O)c1nccn1-c1ccccc1. The second-order valence-electron chi connectivity index (χ2n) is 7.12. The van der Waals surface area contributed by atoms with Gasteiger partial charge in [-0.2, -0.15) is 0 Å². The lowest BCUT2D eigenvalue weighted by Gasteiger charge is -2.34. The van der Waals surface area contributed by atoms with Crippen LogP contribution in [0.1, 0.15) is 33.1 Å². The van der Waals surface area contributed by atoms with Gasteiger partial charge in [0.2, 0.25) is 20.9 Å². The Kier molecular flexibility index (Phi) is 5.46. The number of imidazole rings is 1. The topological polar surface area (TPSA) is 81.1 Å². The molecule has 1 heterocycles. The maximum Gasteiger partial charge on any atom is 0.235 e. The molecule has 0 radical (unpaired) electrons. The maximum atomic E-state index is 12.7. The first kappa shape index (κ1) is 18.6. The Hall–Kier alpha value is -2.15. The molecule has 1 aliphatic rings. The van der Waals surface area contributed by atoms with Crippen molar-refractivity contribution in [1.29, 1.82) is 0 Å². The number of nitrogens with zero attached hydrogens (tertiary/aromatic N) is 2. The molecule has 0 saturated heterocycles. The Balaban J connectivity index is 1.74. The van der Waals surface area contributed by atoms with Gasteiger partial charge in [-0.05, 0) is 30.4 Å². The van der Waals surface area contributed by atoms with E-state index in [1.165, 1.54) is 10.8 Å². The number of aromatic nitrogens is 2. The van der Waals surface area contributed by atoms with Crippen LogP contribution in [0.25, 0.3) is 5.69 Å². The van der Waals surface area contributed by atoms with Gasteiger partial charge in [0.15, 0.2) is 0 Å². The number of para-hydroxylation sites is 1. The number of rotatable bonds is 5. The Morgan fingerprint density at radius 3 is 2.69 bits per heavy atom. The van der Waals surface area contributed by atoms with Crippen LogP contribution in [-0.4, -0.2) is 35.7 Å². The van der Waals surface area contributed by atoms with E-state index in [-0.39, 0.29) is 11.2 Å². The third-order valence-corrected chi connectivity index (χ3v) is 6.79. The summed E-state index contributed by atoms with van der Waals surface area (Å²) in [5, 5.41) is 2.81. The molecular weight excluding hydrogens is 350 g/mol. The fourth-order valence-electron chi connectivity index (χ4n) is 3.58. The molecule has 2 aromatic rings. The van der Waals surface area contributed by atoms with Crippen LogP contribution in [0.2, 0.25) is 0 Å². The Morgan fingerprint density at radius 1 is 1.23 bits per heavy atom. The van der Waals surface area contributed by atoms with Gasteiger partial charge in [-0.15, -0.1) is 0 Å². The normalized spacial score (nSPS) is 23.5. The van der Waals surface area contributed by atoms with Crippen molar-refractivity contribution in [3.63, 3.8) is 0 Å². The van der Waals surface area contributed by atoms with Gasteiger partial charge in [-0.3, -0.25) is 9.36 Å². The van der Waals surface area contributed by atoms with Crippen molar-refractivity contribution in [2.45, 2.75) is 44.3 Å².